The Hall–Kier alpha value is -2.15. The number of nitrogens with zero attached hydrogens (tertiary/aromatic N) is 2. The molecule has 0 unspecified atom stereocenters. The van der Waals surface area contributed by atoms with Crippen LogP contribution in [0.4, 0.5) is 5.69 Å². The van der Waals surface area contributed by atoms with Crippen LogP contribution >= 0.6 is 11.3 Å². The molecule has 0 saturated heterocycles. The molecule has 6 nitrogen and oxygen atoms in total. The van der Waals surface area contributed by atoms with Gasteiger partial charge in [0.15, 0.2) is 0 Å². The van der Waals surface area contributed by atoms with E-state index in [0.29, 0.717) is 16.3 Å². The summed E-state index contributed by atoms with van der Waals surface area (Å²) in [5.74, 6) is -0.780. The lowest BCUT2D eigenvalue weighted by Crippen LogP contribution is -2.17. The molecule has 0 bridgehead atoms. The van der Waals surface area contributed by atoms with Gasteiger partial charge in [0.1, 0.15) is 10.6 Å². The molecule has 0 aliphatic rings. The average Bonchev–Trinajstić information content (AvgIpc) is 2.95. The third kappa shape index (κ3) is 2.65. The second-order valence-electron chi connectivity index (χ2n) is 3.90. The van der Waals surface area contributed by atoms with Gasteiger partial charge in [0, 0.05) is 7.05 Å². The number of aryl methyl sites for hydroxylation is 2. The number of anilines is 1. The van der Waals surface area contributed by atoms with E-state index in [-0.39, 0.29) is 5.91 Å². The highest BCUT2D eigenvalue weighted by atomic mass is 32.1. The lowest BCUT2D eigenvalue weighted by atomic mass is 10.3. The van der Waals surface area contributed by atoms with Gasteiger partial charge < -0.3 is 10.1 Å². The van der Waals surface area contributed by atoms with Gasteiger partial charge in [-0.25, -0.2) is 4.79 Å². The van der Waals surface area contributed by atoms with Gasteiger partial charge in [0.25, 0.3) is 5.91 Å². The highest BCUT2D eigenvalue weighted by Gasteiger charge is 2.18. The third-order valence-electron chi connectivity index (χ3n) is 2.52. The second kappa shape index (κ2) is 5.23. The number of rotatable bonds is 3. The summed E-state index contributed by atoms with van der Waals surface area (Å²) in [4.78, 5) is 24.0. The van der Waals surface area contributed by atoms with Crippen molar-refractivity contribution in [3.63, 3.8) is 0 Å². The molecule has 2 rings (SSSR count). The van der Waals surface area contributed by atoms with E-state index >= 15 is 0 Å². The fourth-order valence-corrected chi connectivity index (χ4v) is 2.43. The summed E-state index contributed by atoms with van der Waals surface area (Å²) < 4.78 is 6.15. The van der Waals surface area contributed by atoms with Crippen LogP contribution in [-0.2, 0) is 11.8 Å². The Morgan fingerprint density at radius 3 is 2.79 bits per heavy atom. The molecule has 2 aromatic rings. The quantitative estimate of drug-likeness (QED) is 0.870. The van der Waals surface area contributed by atoms with Gasteiger partial charge >= 0.3 is 5.97 Å². The largest absolute Gasteiger partial charge is 0.465 e. The van der Waals surface area contributed by atoms with Crippen molar-refractivity contribution >= 4 is 28.9 Å². The van der Waals surface area contributed by atoms with Gasteiger partial charge in [0.2, 0.25) is 0 Å². The number of nitrogens with one attached hydrogen (secondary N) is 1. The molecule has 0 fully saturated rings. The summed E-state index contributed by atoms with van der Waals surface area (Å²) in [7, 11) is 2.99. The SMILES string of the molecule is COC(=O)c1sccc1NC(=O)c1cc(C)nn1C. The molecule has 0 aliphatic heterocycles. The number of esters is 1. The van der Waals surface area contributed by atoms with Crippen LogP contribution in [0.3, 0.4) is 0 Å². The molecule has 0 aromatic carbocycles. The Balaban J connectivity index is 2.22. The monoisotopic (exact) mass is 279 g/mol. The lowest BCUT2D eigenvalue weighted by molar-refractivity contribution is 0.0607. The Bertz CT molecular complexity index is 630. The maximum atomic E-state index is 12.1. The van der Waals surface area contributed by atoms with Crippen LogP contribution in [0.25, 0.3) is 0 Å². The number of carbonyl (C=O) groups is 2. The van der Waals surface area contributed by atoms with Crippen LogP contribution < -0.4 is 5.32 Å². The summed E-state index contributed by atoms with van der Waals surface area (Å²) in [5.41, 5.74) is 1.63. The van der Waals surface area contributed by atoms with E-state index in [9.17, 15) is 9.59 Å². The van der Waals surface area contributed by atoms with Crippen molar-refractivity contribution in [1.82, 2.24) is 9.78 Å². The van der Waals surface area contributed by atoms with E-state index in [1.807, 2.05) is 0 Å². The Morgan fingerprint density at radius 1 is 1.47 bits per heavy atom. The number of ether oxygens (including phenoxy) is 1. The minimum Gasteiger partial charge on any atom is -0.465 e. The van der Waals surface area contributed by atoms with Gasteiger partial charge in [-0.05, 0) is 24.4 Å². The average molecular weight is 279 g/mol. The number of hydrogen-bond acceptors (Lipinski definition) is 5. The molecule has 2 heterocycles. The van der Waals surface area contributed by atoms with Gasteiger partial charge in [-0.1, -0.05) is 0 Å². The fraction of sp³-hybridized carbons (Fsp3) is 0.250. The fourth-order valence-electron chi connectivity index (χ4n) is 1.67. The molecule has 0 radical (unpaired) electrons. The summed E-state index contributed by atoms with van der Waals surface area (Å²) in [6.07, 6.45) is 0. The Morgan fingerprint density at radius 2 is 2.21 bits per heavy atom. The molecule has 0 aliphatic carbocycles. The molecule has 0 spiro atoms. The third-order valence-corrected chi connectivity index (χ3v) is 3.41. The zero-order valence-electron chi connectivity index (χ0n) is 10.8. The number of hydrogen-bond donors (Lipinski definition) is 1. The molecule has 1 N–H and O–H groups in total. The summed E-state index contributed by atoms with van der Waals surface area (Å²) >= 11 is 1.22. The van der Waals surface area contributed by atoms with E-state index < -0.39 is 5.97 Å². The first-order chi connectivity index (χ1) is 9.02. The molecule has 19 heavy (non-hydrogen) atoms. The second-order valence-corrected chi connectivity index (χ2v) is 4.82. The molecular formula is C12H13N3O3S. The number of amides is 1. The zero-order valence-corrected chi connectivity index (χ0v) is 11.6. The van der Waals surface area contributed by atoms with E-state index in [1.165, 1.54) is 23.1 Å². The molecule has 2 aromatic heterocycles. The number of carbonyl (C=O) groups excluding carboxylic acids is 2. The van der Waals surface area contributed by atoms with Crippen molar-refractivity contribution in [2.24, 2.45) is 7.05 Å². The van der Waals surface area contributed by atoms with E-state index in [4.69, 9.17) is 0 Å². The van der Waals surface area contributed by atoms with Crippen LogP contribution in [-0.4, -0.2) is 28.8 Å². The van der Waals surface area contributed by atoms with Crippen LogP contribution in [0.1, 0.15) is 25.9 Å². The van der Waals surface area contributed by atoms with Crippen LogP contribution in [0.2, 0.25) is 0 Å². The minimum absolute atomic E-state index is 0.313. The maximum absolute atomic E-state index is 12.1. The zero-order chi connectivity index (χ0) is 14.0. The van der Waals surface area contributed by atoms with Crippen molar-refractivity contribution in [2.45, 2.75) is 6.92 Å². The van der Waals surface area contributed by atoms with E-state index in [2.05, 4.69) is 15.2 Å². The van der Waals surface area contributed by atoms with Gasteiger partial charge in [-0.15, -0.1) is 11.3 Å². The van der Waals surface area contributed by atoms with Gasteiger partial charge in [0.05, 0.1) is 18.5 Å². The highest BCUT2D eigenvalue weighted by Crippen LogP contribution is 2.23. The molecule has 100 valence electrons. The van der Waals surface area contributed by atoms with Crippen LogP contribution in [0.5, 0.6) is 0 Å². The van der Waals surface area contributed by atoms with Crippen molar-refractivity contribution in [1.29, 1.82) is 0 Å². The minimum atomic E-state index is -0.466. The first-order valence-electron chi connectivity index (χ1n) is 5.50. The predicted molar refractivity (Wildman–Crippen MR) is 71.6 cm³/mol. The highest BCUT2D eigenvalue weighted by molar-refractivity contribution is 7.12. The van der Waals surface area contributed by atoms with Crippen LogP contribution in [0.15, 0.2) is 17.5 Å². The maximum Gasteiger partial charge on any atom is 0.350 e. The van der Waals surface area contributed by atoms with Crippen molar-refractivity contribution in [3.05, 3.63) is 33.8 Å². The topological polar surface area (TPSA) is 73.2 Å². The predicted octanol–water partition coefficient (Wildman–Crippen LogP) is 1.83. The molecule has 0 saturated carbocycles. The summed E-state index contributed by atoms with van der Waals surface area (Å²) in [5, 5.41) is 8.51. The summed E-state index contributed by atoms with van der Waals surface area (Å²) in [6, 6.07) is 3.34. The van der Waals surface area contributed by atoms with Crippen molar-refractivity contribution in [3.8, 4) is 0 Å². The normalized spacial score (nSPS) is 10.3. The smallest absolute Gasteiger partial charge is 0.350 e. The lowest BCUT2D eigenvalue weighted by Gasteiger charge is -2.05. The van der Waals surface area contributed by atoms with Crippen molar-refractivity contribution < 1.29 is 14.3 Å². The van der Waals surface area contributed by atoms with Gasteiger partial charge in [-0.3, -0.25) is 9.48 Å². The summed E-state index contributed by atoms with van der Waals surface area (Å²) in [6.45, 7) is 1.81. The molecule has 0 atom stereocenters. The number of methoxy groups -OCH3 is 1. The Kier molecular flexibility index (Phi) is 3.66. The molecule has 7 heteroatoms. The first kappa shape index (κ1) is 13.3. The van der Waals surface area contributed by atoms with E-state index in [0.717, 1.165) is 5.69 Å². The first-order valence-corrected chi connectivity index (χ1v) is 6.38. The number of aromatic nitrogens is 2. The van der Waals surface area contributed by atoms with Gasteiger partial charge in [-0.2, -0.15) is 5.10 Å². The standard InChI is InChI=1S/C12H13N3O3S/c1-7-6-9(15(2)14-7)11(16)13-8-4-5-19-10(8)12(17)18-3/h4-6H,1-3H3,(H,13,16). The number of thiophene rings is 1. The van der Waals surface area contributed by atoms with E-state index in [1.54, 1.807) is 31.5 Å². The molecule has 1 amide bonds. The van der Waals surface area contributed by atoms with Crippen molar-refractivity contribution in [2.75, 3.05) is 12.4 Å². The Labute approximate surface area is 114 Å². The molecular weight excluding hydrogens is 266 g/mol. The van der Waals surface area contributed by atoms with Crippen LogP contribution in [0, 0.1) is 6.92 Å².